The van der Waals surface area contributed by atoms with Crippen molar-refractivity contribution in [3.63, 3.8) is 0 Å². The van der Waals surface area contributed by atoms with Crippen LogP contribution in [0, 0.1) is 6.92 Å². The Morgan fingerprint density at radius 3 is 2.31 bits per heavy atom. The molecule has 89 valence electrons. The van der Waals surface area contributed by atoms with Crippen LogP contribution in [-0.4, -0.2) is 0 Å². The monoisotopic (exact) mass is 217 g/mol. The fourth-order valence-corrected chi connectivity index (χ4v) is 2.20. The summed E-state index contributed by atoms with van der Waals surface area (Å²) in [5, 5.41) is 0. The molecule has 0 bridgehead atoms. The minimum Gasteiger partial charge on any atom is -0.0654 e. The second-order valence-corrected chi connectivity index (χ2v) is 4.60. The minimum absolute atomic E-state index is 0.669. The van der Waals surface area contributed by atoms with E-state index in [4.69, 9.17) is 0 Å². The predicted octanol–water partition coefficient (Wildman–Crippen LogP) is 5.35. The first-order valence-corrected chi connectivity index (χ1v) is 6.72. The number of rotatable bonds is 8. The Hall–Kier alpha value is -0.780. The summed E-state index contributed by atoms with van der Waals surface area (Å²) < 4.78 is 0. The van der Waals surface area contributed by atoms with Crippen molar-refractivity contribution in [1.29, 1.82) is 0 Å². The maximum Gasteiger partial charge on any atom is -0.0162 e. The van der Waals surface area contributed by atoms with Gasteiger partial charge < -0.3 is 0 Å². The Bertz CT molecular complexity index is 250. The summed E-state index contributed by atoms with van der Waals surface area (Å²) in [5.74, 6) is 0.669. The van der Waals surface area contributed by atoms with Crippen LogP contribution in [0.5, 0.6) is 0 Å². The maximum absolute atomic E-state index is 4.08. The lowest BCUT2D eigenvalue weighted by atomic mass is 9.91. The van der Waals surface area contributed by atoms with Gasteiger partial charge >= 0.3 is 0 Å². The summed E-state index contributed by atoms with van der Waals surface area (Å²) >= 11 is 0. The largest absolute Gasteiger partial charge is 0.0654 e. The zero-order valence-electron chi connectivity index (χ0n) is 10.6. The van der Waals surface area contributed by atoms with Crippen molar-refractivity contribution in [3.8, 4) is 0 Å². The zero-order chi connectivity index (χ0) is 11.6. The van der Waals surface area contributed by atoms with Crippen LogP contribution in [0.1, 0.15) is 63.4 Å². The third-order valence-corrected chi connectivity index (χ3v) is 3.28. The highest BCUT2D eigenvalue weighted by Crippen LogP contribution is 2.25. The van der Waals surface area contributed by atoms with Crippen LogP contribution in [0.15, 0.2) is 30.3 Å². The molecule has 1 rings (SSSR count). The van der Waals surface area contributed by atoms with Crippen LogP contribution in [0.2, 0.25) is 0 Å². The molecule has 0 fully saturated rings. The van der Waals surface area contributed by atoms with E-state index in [9.17, 15) is 0 Å². The smallest absolute Gasteiger partial charge is 0.0162 e. The Kier molecular flexibility index (Phi) is 6.96. The SMILES string of the molecule is [CH2]CC(CCCCCCC)c1ccccc1. The summed E-state index contributed by atoms with van der Waals surface area (Å²) in [6.45, 7) is 6.34. The topological polar surface area (TPSA) is 0 Å². The van der Waals surface area contributed by atoms with Gasteiger partial charge in [-0.1, -0.05) is 76.3 Å². The molecule has 0 saturated carbocycles. The molecule has 1 aromatic carbocycles. The van der Waals surface area contributed by atoms with Gasteiger partial charge in [-0.25, -0.2) is 0 Å². The van der Waals surface area contributed by atoms with Crippen molar-refractivity contribution in [2.24, 2.45) is 0 Å². The summed E-state index contributed by atoms with van der Waals surface area (Å²) in [5.41, 5.74) is 1.47. The molecule has 1 aromatic rings. The molecule has 1 atom stereocenters. The number of hydrogen-bond donors (Lipinski definition) is 0. The molecule has 0 heterocycles. The van der Waals surface area contributed by atoms with Crippen molar-refractivity contribution in [2.45, 2.75) is 57.8 Å². The van der Waals surface area contributed by atoms with E-state index in [2.05, 4.69) is 44.2 Å². The zero-order valence-corrected chi connectivity index (χ0v) is 10.6. The van der Waals surface area contributed by atoms with Crippen LogP contribution in [0.25, 0.3) is 0 Å². The lowest BCUT2D eigenvalue weighted by Crippen LogP contribution is -1.97. The summed E-state index contributed by atoms with van der Waals surface area (Å²) in [4.78, 5) is 0. The first-order chi connectivity index (χ1) is 7.88. The highest BCUT2D eigenvalue weighted by Gasteiger charge is 2.07. The number of unbranched alkanes of at least 4 members (excludes halogenated alkanes) is 4. The maximum atomic E-state index is 4.08. The van der Waals surface area contributed by atoms with Gasteiger partial charge in [0.15, 0.2) is 0 Å². The van der Waals surface area contributed by atoms with E-state index in [0.29, 0.717) is 5.92 Å². The van der Waals surface area contributed by atoms with Crippen molar-refractivity contribution >= 4 is 0 Å². The number of benzene rings is 1. The Labute approximate surface area is 101 Å². The molecule has 1 unspecified atom stereocenters. The second kappa shape index (κ2) is 8.38. The summed E-state index contributed by atoms with van der Waals surface area (Å²) in [6.07, 6.45) is 9.19. The molecule has 0 N–H and O–H groups in total. The molecule has 0 saturated heterocycles. The lowest BCUT2D eigenvalue weighted by Gasteiger charge is -2.14. The van der Waals surface area contributed by atoms with E-state index in [0.717, 1.165) is 6.42 Å². The quantitative estimate of drug-likeness (QED) is 0.514. The third-order valence-electron chi connectivity index (χ3n) is 3.28. The van der Waals surface area contributed by atoms with Crippen molar-refractivity contribution in [1.82, 2.24) is 0 Å². The molecule has 0 spiro atoms. The van der Waals surface area contributed by atoms with Crippen molar-refractivity contribution in [2.75, 3.05) is 0 Å². The Morgan fingerprint density at radius 2 is 1.69 bits per heavy atom. The van der Waals surface area contributed by atoms with Gasteiger partial charge in [0.2, 0.25) is 0 Å². The standard InChI is InChI=1S/C16H25/c1-3-5-6-7-9-12-15(4-2)16-13-10-8-11-14-16/h8,10-11,13-15H,2-7,9,12H2,1H3. The van der Waals surface area contributed by atoms with Gasteiger partial charge in [-0.2, -0.15) is 0 Å². The average Bonchev–Trinajstić information content (AvgIpc) is 2.35. The van der Waals surface area contributed by atoms with Crippen LogP contribution in [0.3, 0.4) is 0 Å². The van der Waals surface area contributed by atoms with E-state index >= 15 is 0 Å². The van der Waals surface area contributed by atoms with Crippen molar-refractivity contribution < 1.29 is 0 Å². The molecular weight excluding hydrogens is 192 g/mol. The molecule has 0 aliphatic heterocycles. The molecule has 0 nitrogen and oxygen atoms in total. The van der Waals surface area contributed by atoms with Gasteiger partial charge in [-0.15, -0.1) is 0 Å². The average molecular weight is 217 g/mol. The van der Waals surface area contributed by atoms with Gasteiger partial charge in [-0.3, -0.25) is 0 Å². The summed E-state index contributed by atoms with van der Waals surface area (Å²) in [7, 11) is 0. The minimum atomic E-state index is 0.669. The fraction of sp³-hybridized carbons (Fsp3) is 0.562. The molecule has 0 amide bonds. The van der Waals surface area contributed by atoms with Crippen LogP contribution >= 0.6 is 0 Å². The Balaban J connectivity index is 2.27. The first-order valence-electron chi connectivity index (χ1n) is 6.72. The molecule has 0 aliphatic carbocycles. The van der Waals surface area contributed by atoms with E-state index in [1.807, 2.05) is 0 Å². The summed E-state index contributed by atoms with van der Waals surface area (Å²) in [6, 6.07) is 10.8. The molecule has 0 aliphatic rings. The highest BCUT2D eigenvalue weighted by atomic mass is 14.1. The van der Waals surface area contributed by atoms with E-state index < -0.39 is 0 Å². The van der Waals surface area contributed by atoms with E-state index in [1.54, 1.807) is 0 Å². The van der Waals surface area contributed by atoms with E-state index in [-0.39, 0.29) is 0 Å². The van der Waals surface area contributed by atoms with Gasteiger partial charge in [0.1, 0.15) is 0 Å². The van der Waals surface area contributed by atoms with Gasteiger partial charge in [-0.05, 0) is 24.3 Å². The van der Waals surface area contributed by atoms with Crippen LogP contribution in [0.4, 0.5) is 0 Å². The van der Waals surface area contributed by atoms with Crippen LogP contribution in [-0.2, 0) is 0 Å². The second-order valence-electron chi connectivity index (χ2n) is 4.60. The molecule has 0 heteroatoms. The van der Waals surface area contributed by atoms with Crippen LogP contribution < -0.4 is 0 Å². The highest BCUT2D eigenvalue weighted by molar-refractivity contribution is 5.19. The van der Waals surface area contributed by atoms with E-state index in [1.165, 1.54) is 44.1 Å². The normalized spacial score (nSPS) is 12.6. The Morgan fingerprint density at radius 1 is 1.00 bits per heavy atom. The van der Waals surface area contributed by atoms with Gasteiger partial charge in [0.25, 0.3) is 0 Å². The van der Waals surface area contributed by atoms with Gasteiger partial charge in [0.05, 0.1) is 0 Å². The molecule has 16 heavy (non-hydrogen) atoms. The number of hydrogen-bond acceptors (Lipinski definition) is 0. The lowest BCUT2D eigenvalue weighted by molar-refractivity contribution is 0.547. The first kappa shape index (κ1) is 13.3. The predicted molar refractivity (Wildman–Crippen MR) is 72.5 cm³/mol. The molecular formula is C16H25. The molecule has 1 radical (unpaired) electrons. The van der Waals surface area contributed by atoms with Crippen molar-refractivity contribution in [3.05, 3.63) is 42.8 Å². The third kappa shape index (κ3) is 4.83. The van der Waals surface area contributed by atoms with Gasteiger partial charge in [0, 0.05) is 0 Å². The molecule has 0 aromatic heterocycles. The fourth-order valence-electron chi connectivity index (χ4n) is 2.20.